The van der Waals surface area contributed by atoms with Crippen LogP contribution in [0, 0.1) is 13.8 Å². The molecule has 0 aliphatic rings. The van der Waals surface area contributed by atoms with Crippen LogP contribution in [0.5, 0.6) is 5.75 Å². The maximum atomic E-state index is 11.8. The fraction of sp³-hybridized carbons (Fsp3) is 0.406. The van der Waals surface area contributed by atoms with E-state index in [1.54, 1.807) is 12.1 Å². The highest BCUT2D eigenvalue weighted by molar-refractivity contribution is 5.89. The van der Waals surface area contributed by atoms with Gasteiger partial charge in [-0.3, -0.25) is 0 Å². The lowest BCUT2D eigenvalue weighted by Crippen LogP contribution is -2.09. The van der Waals surface area contributed by atoms with E-state index in [0.717, 1.165) is 72.6 Å². The first kappa shape index (κ1) is 27.4. The second-order valence-electron chi connectivity index (χ2n) is 9.94. The Morgan fingerprint density at radius 3 is 2.13 bits per heavy atom. The van der Waals surface area contributed by atoms with Crippen LogP contribution in [0.15, 0.2) is 42.5 Å². The minimum Gasteiger partial charge on any atom is -0.488 e. The molecule has 0 unspecified atom stereocenters. The summed E-state index contributed by atoms with van der Waals surface area (Å²) < 4.78 is 13.6. The molecular weight excluding hydrogens is 474 g/mol. The van der Waals surface area contributed by atoms with Gasteiger partial charge < -0.3 is 14.0 Å². The Hall–Kier alpha value is -3.67. The highest BCUT2D eigenvalue weighted by Crippen LogP contribution is 2.31. The number of nitrogens with zero attached hydrogens (tertiary/aromatic N) is 3. The highest BCUT2D eigenvalue weighted by Gasteiger charge is 2.17. The maximum absolute atomic E-state index is 11.8. The van der Waals surface area contributed by atoms with E-state index in [4.69, 9.17) is 19.4 Å². The summed E-state index contributed by atoms with van der Waals surface area (Å²) in [6.07, 6.45) is 4.82. The SMILES string of the molecule is CCCc1cc(Cn2c(CC)nc3c(C)cc(C)nc32)cc(CCC)c1OCc1ccc(C(=O)OC)cc1. The first-order valence-electron chi connectivity index (χ1n) is 13.7. The number of aromatic nitrogens is 3. The number of hydrogen-bond donors (Lipinski definition) is 0. The Morgan fingerprint density at radius 1 is 0.895 bits per heavy atom. The van der Waals surface area contributed by atoms with Gasteiger partial charge in [0.05, 0.1) is 19.2 Å². The topological polar surface area (TPSA) is 66.2 Å². The average Bonchev–Trinajstić information content (AvgIpc) is 3.26. The number of aryl methyl sites for hydroxylation is 5. The monoisotopic (exact) mass is 513 g/mol. The first-order valence-corrected chi connectivity index (χ1v) is 13.7. The lowest BCUT2D eigenvalue weighted by molar-refractivity contribution is 0.0600. The van der Waals surface area contributed by atoms with E-state index in [1.807, 2.05) is 19.1 Å². The van der Waals surface area contributed by atoms with E-state index in [0.29, 0.717) is 12.2 Å². The summed E-state index contributed by atoms with van der Waals surface area (Å²) in [6.45, 7) is 11.9. The molecule has 200 valence electrons. The third-order valence-electron chi connectivity index (χ3n) is 6.86. The van der Waals surface area contributed by atoms with Crippen molar-refractivity contribution in [2.24, 2.45) is 0 Å². The van der Waals surface area contributed by atoms with Crippen molar-refractivity contribution in [1.29, 1.82) is 0 Å². The molecule has 0 aliphatic heterocycles. The molecule has 0 atom stereocenters. The summed E-state index contributed by atoms with van der Waals surface area (Å²) >= 11 is 0. The molecule has 4 aromatic rings. The molecule has 0 spiro atoms. The number of ether oxygens (including phenoxy) is 2. The smallest absolute Gasteiger partial charge is 0.337 e. The zero-order valence-corrected chi connectivity index (χ0v) is 23.6. The predicted molar refractivity (Wildman–Crippen MR) is 152 cm³/mol. The second-order valence-corrected chi connectivity index (χ2v) is 9.94. The number of hydrogen-bond acceptors (Lipinski definition) is 5. The standard InChI is InChI=1S/C32H39N3O3/c1-7-10-26-17-24(19-35-28(9-3)34-29-21(4)16-22(5)33-31(29)35)18-27(11-8-2)30(26)38-20-23-12-14-25(15-13-23)32(36)37-6/h12-18H,7-11,19-20H2,1-6H3. The molecule has 6 heteroatoms. The molecule has 6 nitrogen and oxygen atoms in total. The van der Waals surface area contributed by atoms with E-state index >= 15 is 0 Å². The van der Waals surface area contributed by atoms with Crippen molar-refractivity contribution < 1.29 is 14.3 Å². The molecule has 0 saturated heterocycles. The first-order chi connectivity index (χ1) is 18.4. The Morgan fingerprint density at radius 2 is 1.55 bits per heavy atom. The number of carbonyl (C=O) groups is 1. The normalized spacial score (nSPS) is 11.2. The average molecular weight is 514 g/mol. The van der Waals surface area contributed by atoms with Gasteiger partial charge in [-0.1, -0.05) is 57.9 Å². The van der Waals surface area contributed by atoms with E-state index in [9.17, 15) is 4.79 Å². The minimum absolute atomic E-state index is 0.332. The maximum Gasteiger partial charge on any atom is 0.337 e. The zero-order chi connectivity index (χ0) is 27.2. The fourth-order valence-electron chi connectivity index (χ4n) is 5.09. The van der Waals surface area contributed by atoms with E-state index in [-0.39, 0.29) is 5.97 Å². The molecule has 2 aromatic heterocycles. The van der Waals surface area contributed by atoms with E-state index in [2.05, 4.69) is 50.5 Å². The Balaban J connectivity index is 1.68. The lowest BCUT2D eigenvalue weighted by atomic mass is 9.97. The van der Waals surface area contributed by atoms with Crippen LogP contribution in [-0.4, -0.2) is 27.6 Å². The molecule has 0 bridgehead atoms. The van der Waals surface area contributed by atoms with E-state index in [1.165, 1.54) is 29.4 Å². The predicted octanol–water partition coefficient (Wildman–Crippen LogP) is 6.93. The molecule has 0 radical (unpaired) electrons. The number of rotatable bonds is 11. The number of benzene rings is 2. The summed E-state index contributed by atoms with van der Waals surface area (Å²) in [5, 5.41) is 0. The molecular formula is C32H39N3O3. The Kier molecular flexibility index (Phi) is 8.82. The van der Waals surface area contributed by atoms with Crippen LogP contribution in [0.25, 0.3) is 11.2 Å². The van der Waals surface area contributed by atoms with Crippen LogP contribution in [0.1, 0.15) is 83.3 Å². The molecule has 2 heterocycles. The van der Waals surface area contributed by atoms with Gasteiger partial charge in [-0.25, -0.2) is 14.8 Å². The molecule has 0 aliphatic carbocycles. The van der Waals surface area contributed by atoms with Crippen molar-refractivity contribution in [3.8, 4) is 5.75 Å². The summed E-state index contributed by atoms with van der Waals surface area (Å²) in [6, 6.07) is 14.1. The van der Waals surface area contributed by atoms with Gasteiger partial charge in [-0.2, -0.15) is 0 Å². The van der Waals surface area contributed by atoms with Gasteiger partial charge in [0.2, 0.25) is 0 Å². The summed E-state index contributed by atoms with van der Waals surface area (Å²) in [7, 11) is 1.39. The minimum atomic E-state index is -0.332. The Labute approximate surface area is 226 Å². The molecule has 0 saturated carbocycles. The number of fused-ring (bicyclic) bond motifs is 1. The zero-order valence-electron chi connectivity index (χ0n) is 23.6. The quantitative estimate of drug-likeness (QED) is 0.204. The molecule has 2 aromatic carbocycles. The number of carbonyl (C=O) groups excluding carboxylic acids is 1. The van der Waals surface area contributed by atoms with Crippen LogP contribution in [0.4, 0.5) is 0 Å². The van der Waals surface area contributed by atoms with Crippen molar-refractivity contribution in [3.63, 3.8) is 0 Å². The number of methoxy groups -OCH3 is 1. The number of imidazole rings is 1. The lowest BCUT2D eigenvalue weighted by Gasteiger charge is -2.19. The molecule has 0 fully saturated rings. The van der Waals surface area contributed by atoms with E-state index < -0.39 is 0 Å². The molecule has 38 heavy (non-hydrogen) atoms. The van der Waals surface area contributed by atoms with Crippen molar-refractivity contribution in [2.45, 2.75) is 79.9 Å². The number of pyridine rings is 1. The summed E-state index contributed by atoms with van der Waals surface area (Å²) in [4.78, 5) is 21.6. The van der Waals surface area contributed by atoms with Crippen LogP contribution >= 0.6 is 0 Å². The van der Waals surface area contributed by atoms with Crippen LogP contribution in [-0.2, 0) is 37.2 Å². The highest BCUT2D eigenvalue weighted by atomic mass is 16.5. The van der Waals surface area contributed by atoms with Crippen molar-refractivity contribution in [2.75, 3.05) is 7.11 Å². The third-order valence-corrected chi connectivity index (χ3v) is 6.86. The summed E-state index contributed by atoms with van der Waals surface area (Å²) in [5.41, 5.74) is 9.42. The van der Waals surface area contributed by atoms with Gasteiger partial charge in [0, 0.05) is 12.1 Å². The van der Waals surface area contributed by atoms with Gasteiger partial charge in [0.1, 0.15) is 23.7 Å². The molecule has 0 N–H and O–H groups in total. The van der Waals surface area contributed by atoms with Crippen molar-refractivity contribution in [3.05, 3.63) is 87.4 Å². The summed E-state index contributed by atoms with van der Waals surface area (Å²) in [5.74, 6) is 1.72. The van der Waals surface area contributed by atoms with Gasteiger partial charge in [0.25, 0.3) is 0 Å². The van der Waals surface area contributed by atoms with Gasteiger partial charge in [-0.15, -0.1) is 0 Å². The van der Waals surface area contributed by atoms with Crippen molar-refractivity contribution >= 4 is 17.1 Å². The molecule has 0 amide bonds. The second kappa shape index (κ2) is 12.2. The van der Waals surface area contributed by atoms with Crippen LogP contribution in [0.3, 0.4) is 0 Å². The fourth-order valence-corrected chi connectivity index (χ4v) is 5.09. The number of esters is 1. The van der Waals surface area contributed by atoms with Gasteiger partial charge in [-0.05, 0) is 72.7 Å². The van der Waals surface area contributed by atoms with Crippen molar-refractivity contribution in [1.82, 2.24) is 14.5 Å². The van der Waals surface area contributed by atoms with Crippen LogP contribution in [0.2, 0.25) is 0 Å². The van der Waals surface area contributed by atoms with Gasteiger partial charge in [0.15, 0.2) is 5.65 Å². The molecule has 4 rings (SSSR count). The Bertz CT molecular complexity index is 1390. The third kappa shape index (κ3) is 5.90. The van der Waals surface area contributed by atoms with Crippen LogP contribution < -0.4 is 4.74 Å². The largest absolute Gasteiger partial charge is 0.488 e. The van der Waals surface area contributed by atoms with Gasteiger partial charge >= 0.3 is 5.97 Å².